The quantitative estimate of drug-likeness (QED) is 0.176. The Morgan fingerprint density at radius 2 is 1.50 bits per heavy atom. The highest BCUT2D eigenvalue weighted by Crippen LogP contribution is 2.32. The molecule has 4 heteroatoms. The molecule has 2 atom stereocenters. The van der Waals surface area contributed by atoms with E-state index in [0.717, 1.165) is 18.7 Å². The average Bonchev–Trinajstić information content (AvgIpc) is 3.32. The molecule has 1 fully saturated rings. The van der Waals surface area contributed by atoms with Crippen molar-refractivity contribution >= 4 is 17.7 Å². The lowest BCUT2D eigenvalue weighted by Gasteiger charge is -2.13. The van der Waals surface area contributed by atoms with E-state index in [4.69, 9.17) is 0 Å². The van der Waals surface area contributed by atoms with Gasteiger partial charge in [-0.15, -0.1) is 11.8 Å². The molecule has 0 saturated carbocycles. The molecule has 2 N–H and O–H groups in total. The lowest BCUT2D eigenvalue weighted by Crippen LogP contribution is -2.42. The summed E-state index contributed by atoms with van der Waals surface area (Å²) in [4.78, 5) is 12.4. The summed E-state index contributed by atoms with van der Waals surface area (Å²) in [6, 6.07) is 10.3. The first-order valence-corrected chi connectivity index (χ1v) is 14.2. The molecule has 180 valence electrons. The summed E-state index contributed by atoms with van der Waals surface area (Å²) in [5, 5.41) is 6.81. The van der Waals surface area contributed by atoms with Gasteiger partial charge < -0.3 is 5.32 Å². The fraction of sp³-hybridized carbons (Fsp3) is 0.679. The predicted molar refractivity (Wildman–Crippen MR) is 141 cm³/mol. The second-order valence-corrected chi connectivity index (χ2v) is 10.2. The number of hydrogen-bond acceptors (Lipinski definition) is 3. The summed E-state index contributed by atoms with van der Waals surface area (Å²) in [6.07, 6.45) is 23.2. The van der Waals surface area contributed by atoms with Crippen molar-refractivity contribution < 1.29 is 4.79 Å². The third-order valence-corrected chi connectivity index (χ3v) is 7.46. The molecular weight excluding hydrogens is 412 g/mol. The predicted octanol–water partition coefficient (Wildman–Crippen LogP) is 7.54. The number of unbranched alkanes of at least 4 members (excludes halogenated alkanes) is 12. The van der Waals surface area contributed by atoms with E-state index in [1.807, 2.05) is 17.8 Å². The fourth-order valence-electron chi connectivity index (χ4n) is 4.15. The zero-order chi connectivity index (χ0) is 22.7. The fourth-order valence-corrected chi connectivity index (χ4v) is 5.39. The number of rotatable bonds is 18. The molecule has 0 spiro atoms. The summed E-state index contributed by atoms with van der Waals surface area (Å²) in [5.74, 6) is 1.000. The van der Waals surface area contributed by atoms with Gasteiger partial charge >= 0.3 is 0 Å². The summed E-state index contributed by atoms with van der Waals surface area (Å²) >= 11 is 1.82. The van der Waals surface area contributed by atoms with Gasteiger partial charge in [0.1, 0.15) is 0 Å². The molecule has 0 aliphatic carbocycles. The highest BCUT2D eigenvalue weighted by Gasteiger charge is 2.30. The summed E-state index contributed by atoms with van der Waals surface area (Å²) < 4.78 is 0. The third-order valence-electron chi connectivity index (χ3n) is 6.19. The number of thioether (sulfide) groups is 1. The lowest BCUT2D eigenvalue weighted by atomic mass is 10.1. The highest BCUT2D eigenvalue weighted by atomic mass is 32.2. The molecule has 1 unspecified atom stereocenters. The molecular formula is C28H46N2OS. The van der Waals surface area contributed by atoms with Gasteiger partial charge in [0.25, 0.3) is 0 Å². The Morgan fingerprint density at radius 1 is 0.906 bits per heavy atom. The minimum absolute atomic E-state index is 0.0712. The van der Waals surface area contributed by atoms with Crippen molar-refractivity contribution in [2.24, 2.45) is 0 Å². The van der Waals surface area contributed by atoms with Gasteiger partial charge in [0.05, 0.1) is 11.4 Å². The Labute approximate surface area is 201 Å². The number of carbonyl (C=O) groups is 1. The van der Waals surface area contributed by atoms with E-state index < -0.39 is 0 Å². The van der Waals surface area contributed by atoms with Crippen molar-refractivity contribution in [1.82, 2.24) is 10.6 Å². The van der Waals surface area contributed by atoms with Gasteiger partial charge in [-0.3, -0.25) is 10.1 Å². The lowest BCUT2D eigenvalue weighted by molar-refractivity contribution is -0.122. The summed E-state index contributed by atoms with van der Waals surface area (Å²) in [6.45, 7) is 3.08. The normalized spacial score (nSPS) is 18.4. The van der Waals surface area contributed by atoms with Gasteiger partial charge in [0.15, 0.2) is 0 Å². The molecule has 1 heterocycles. The Kier molecular flexibility index (Phi) is 15.3. The van der Waals surface area contributed by atoms with Crippen LogP contribution in [0.3, 0.4) is 0 Å². The van der Waals surface area contributed by atoms with Crippen LogP contribution in [0.1, 0.15) is 108 Å². The number of amides is 1. The van der Waals surface area contributed by atoms with E-state index in [1.165, 1.54) is 89.0 Å². The number of allylic oxidation sites excluding steroid dienone is 2. The van der Waals surface area contributed by atoms with Gasteiger partial charge in [-0.05, 0) is 37.7 Å². The molecule has 3 nitrogen and oxygen atoms in total. The first-order chi connectivity index (χ1) is 15.8. The number of carbonyl (C=O) groups excluding carboxylic acids is 1. The van der Waals surface area contributed by atoms with E-state index in [2.05, 4.69) is 54.0 Å². The van der Waals surface area contributed by atoms with Crippen LogP contribution < -0.4 is 10.6 Å². The van der Waals surface area contributed by atoms with Crippen molar-refractivity contribution in [1.29, 1.82) is 0 Å². The first kappa shape index (κ1) is 27.0. The molecule has 1 aromatic carbocycles. The second-order valence-electron chi connectivity index (χ2n) is 9.07. The van der Waals surface area contributed by atoms with Crippen molar-refractivity contribution in [3.63, 3.8) is 0 Å². The van der Waals surface area contributed by atoms with Gasteiger partial charge in [-0.25, -0.2) is 0 Å². The molecule has 1 aliphatic rings. The maximum Gasteiger partial charge on any atom is 0.238 e. The van der Waals surface area contributed by atoms with Crippen LogP contribution in [-0.2, 0) is 4.79 Å². The van der Waals surface area contributed by atoms with Crippen molar-refractivity contribution in [3.05, 3.63) is 48.0 Å². The second kappa shape index (κ2) is 18.2. The van der Waals surface area contributed by atoms with Crippen molar-refractivity contribution in [3.8, 4) is 0 Å². The molecule has 0 bridgehead atoms. The Balaban J connectivity index is 1.35. The van der Waals surface area contributed by atoms with Crippen LogP contribution in [0.4, 0.5) is 0 Å². The van der Waals surface area contributed by atoms with Crippen molar-refractivity contribution in [2.45, 2.75) is 108 Å². The van der Waals surface area contributed by atoms with E-state index in [9.17, 15) is 4.79 Å². The third kappa shape index (κ3) is 12.1. The topological polar surface area (TPSA) is 41.1 Å². The zero-order valence-corrected chi connectivity index (χ0v) is 21.1. The average molecular weight is 459 g/mol. The highest BCUT2D eigenvalue weighted by molar-refractivity contribution is 7.99. The van der Waals surface area contributed by atoms with E-state index in [0.29, 0.717) is 0 Å². The van der Waals surface area contributed by atoms with Gasteiger partial charge in [-0.1, -0.05) is 107 Å². The molecule has 0 aromatic heterocycles. The zero-order valence-electron chi connectivity index (χ0n) is 20.3. The molecule has 1 saturated heterocycles. The summed E-state index contributed by atoms with van der Waals surface area (Å²) in [7, 11) is 0. The van der Waals surface area contributed by atoms with E-state index >= 15 is 0 Å². The Bertz CT molecular complexity index is 619. The Morgan fingerprint density at radius 3 is 2.16 bits per heavy atom. The molecule has 1 aliphatic heterocycles. The van der Waals surface area contributed by atoms with Crippen LogP contribution in [0.2, 0.25) is 0 Å². The van der Waals surface area contributed by atoms with Crippen LogP contribution in [-0.4, -0.2) is 24.2 Å². The monoisotopic (exact) mass is 458 g/mol. The minimum atomic E-state index is -0.0712. The molecule has 2 rings (SSSR count). The van der Waals surface area contributed by atoms with Crippen LogP contribution in [0.15, 0.2) is 42.5 Å². The molecule has 0 radical (unpaired) electrons. The van der Waals surface area contributed by atoms with Crippen LogP contribution in [0, 0.1) is 0 Å². The van der Waals surface area contributed by atoms with Crippen LogP contribution in [0.25, 0.3) is 0 Å². The van der Waals surface area contributed by atoms with Gasteiger partial charge in [0, 0.05) is 12.3 Å². The number of hydrogen-bond donors (Lipinski definition) is 2. The molecule has 1 amide bonds. The Hall–Kier alpha value is -1.26. The number of nitrogens with one attached hydrogen (secondary N) is 2. The SMILES string of the molecule is CCCCCCCCC/C=C\CCCCCCCNC(=O)[C@@H]1CSC(c2ccccc2)N1. The smallest absolute Gasteiger partial charge is 0.238 e. The van der Waals surface area contributed by atoms with Crippen LogP contribution in [0.5, 0.6) is 0 Å². The maximum atomic E-state index is 12.4. The van der Waals surface area contributed by atoms with E-state index in [1.54, 1.807) is 0 Å². The molecule has 1 aromatic rings. The molecule has 32 heavy (non-hydrogen) atoms. The van der Waals surface area contributed by atoms with Gasteiger partial charge in [0.2, 0.25) is 5.91 Å². The standard InChI is InChI=1S/C28H46N2OS/c1-2-3-4-5-6-7-8-9-10-11-12-13-14-15-16-20-23-29-27(31)26-24-32-28(30-26)25-21-18-17-19-22-25/h10-11,17-19,21-22,26,28,30H,2-9,12-16,20,23-24H2,1H3,(H,29,31)/b11-10-/t26-,28?/m0/s1. The maximum absolute atomic E-state index is 12.4. The van der Waals surface area contributed by atoms with Crippen molar-refractivity contribution in [2.75, 3.05) is 12.3 Å². The largest absolute Gasteiger partial charge is 0.355 e. The van der Waals surface area contributed by atoms with Gasteiger partial charge in [-0.2, -0.15) is 0 Å². The summed E-state index contributed by atoms with van der Waals surface area (Å²) in [5.41, 5.74) is 1.25. The van der Waals surface area contributed by atoms with E-state index in [-0.39, 0.29) is 17.3 Å². The minimum Gasteiger partial charge on any atom is -0.355 e. The van der Waals surface area contributed by atoms with Crippen LogP contribution >= 0.6 is 11.8 Å². The number of benzene rings is 1. The first-order valence-electron chi connectivity index (χ1n) is 13.2.